The number of ether oxygens (including phenoxy) is 2. The first-order valence-electron chi connectivity index (χ1n) is 4.80. The van der Waals surface area contributed by atoms with Crippen molar-refractivity contribution in [2.45, 2.75) is 19.1 Å². The average molecular weight is 244 g/mol. The number of esters is 1. The molecule has 0 fully saturated rings. The summed E-state index contributed by atoms with van der Waals surface area (Å²) in [5.74, 6) is 0.0638. The maximum absolute atomic E-state index is 11.2. The Morgan fingerprint density at radius 3 is 2.75 bits per heavy atom. The van der Waals surface area contributed by atoms with Crippen LogP contribution in [0.25, 0.3) is 0 Å². The number of hydrogen-bond acceptors (Lipinski definition) is 4. The minimum Gasteiger partial charge on any atom is -0.488 e. The Morgan fingerprint density at radius 1 is 1.50 bits per heavy atom. The molecule has 0 aliphatic heterocycles. The minimum atomic E-state index is -0.816. The first-order chi connectivity index (χ1) is 7.54. The van der Waals surface area contributed by atoms with Crippen LogP contribution >= 0.6 is 11.6 Å². The lowest BCUT2D eigenvalue weighted by molar-refractivity contribution is -0.144. The van der Waals surface area contributed by atoms with Crippen molar-refractivity contribution in [2.75, 3.05) is 7.11 Å². The van der Waals surface area contributed by atoms with E-state index in [0.717, 1.165) is 0 Å². The Kier molecular flexibility index (Phi) is 4.58. The standard InChI is InChI=1S/C11H14ClNO3/c1-7(10(13)11(14)15-2)16-9-5-3-4-8(12)6-9/h3-7,10H,13H2,1-2H3/t7-,10+/m0/s1. The van der Waals surface area contributed by atoms with Crippen molar-refractivity contribution in [3.05, 3.63) is 29.3 Å². The highest BCUT2D eigenvalue weighted by Gasteiger charge is 2.23. The smallest absolute Gasteiger partial charge is 0.326 e. The monoisotopic (exact) mass is 243 g/mol. The van der Waals surface area contributed by atoms with Crippen molar-refractivity contribution in [3.8, 4) is 5.75 Å². The summed E-state index contributed by atoms with van der Waals surface area (Å²) in [5, 5.41) is 0.566. The molecular weight excluding hydrogens is 230 g/mol. The van der Waals surface area contributed by atoms with Crippen LogP contribution in [0.2, 0.25) is 5.02 Å². The number of hydrogen-bond donors (Lipinski definition) is 1. The van der Waals surface area contributed by atoms with Crippen molar-refractivity contribution in [2.24, 2.45) is 5.73 Å². The minimum absolute atomic E-state index is 0.481. The van der Waals surface area contributed by atoms with Gasteiger partial charge in [-0.25, -0.2) is 0 Å². The molecule has 16 heavy (non-hydrogen) atoms. The van der Waals surface area contributed by atoms with Gasteiger partial charge >= 0.3 is 5.97 Å². The van der Waals surface area contributed by atoms with Crippen LogP contribution in [0, 0.1) is 0 Å². The lowest BCUT2D eigenvalue weighted by atomic mass is 10.2. The molecule has 1 rings (SSSR count). The summed E-state index contributed by atoms with van der Waals surface area (Å²) >= 11 is 5.79. The zero-order valence-electron chi connectivity index (χ0n) is 9.14. The summed E-state index contributed by atoms with van der Waals surface area (Å²) in [6.45, 7) is 1.70. The van der Waals surface area contributed by atoms with E-state index >= 15 is 0 Å². The van der Waals surface area contributed by atoms with E-state index in [1.807, 2.05) is 0 Å². The molecule has 0 saturated heterocycles. The number of rotatable bonds is 4. The van der Waals surface area contributed by atoms with Gasteiger partial charge in [-0.05, 0) is 25.1 Å². The third kappa shape index (κ3) is 3.40. The molecule has 1 aromatic carbocycles. The summed E-state index contributed by atoms with van der Waals surface area (Å²) < 4.78 is 9.99. The fourth-order valence-electron chi connectivity index (χ4n) is 1.16. The summed E-state index contributed by atoms with van der Waals surface area (Å²) in [6, 6.07) is 6.07. The second-order valence-electron chi connectivity index (χ2n) is 3.33. The molecule has 0 unspecified atom stereocenters. The van der Waals surface area contributed by atoms with E-state index in [1.54, 1.807) is 31.2 Å². The second-order valence-corrected chi connectivity index (χ2v) is 3.77. The zero-order chi connectivity index (χ0) is 12.1. The van der Waals surface area contributed by atoms with Crippen LogP contribution in [0.3, 0.4) is 0 Å². The number of carbonyl (C=O) groups excluding carboxylic acids is 1. The van der Waals surface area contributed by atoms with E-state index in [4.69, 9.17) is 22.1 Å². The molecule has 0 amide bonds. The molecule has 1 aromatic rings. The van der Waals surface area contributed by atoms with Crippen LogP contribution in [0.15, 0.2) is 24.3 Å². The highest BCUT2D eigenvalue weighted by atomic mass is 35.5. The SMILES string of the molecule is COC(=O)[C@H](N)[C@H](C)Oc1cccc(Cl)c1. The molecule has 0 aliphatic carbocycles. The molecule has 0 aromatic heterocycles. The average Bonchev–Trinajstić information content (AvgIpc) is 2.27. The maximum atomic E-state index is 11.2. The number of benzene rings is 1. The molecular formula is C11H14ClNO3. The first kappa shape index (κ1) is 12.8. The highest BCUT2D eigenvalue weighted by molar-refractivity contribution is 6.30. The molecule has 0 radical (unpaired) electrons. The van der Waals surface area contributed by atoms with Gasteiger partial charge in [0.1, 0.15) is 17.9 Å². The molecule has 2 atom stereocenters. The fourth-order valence-corrected chi connectivity index (χ4v) is 1.34. The van der Waals surface area contributed by atoms with Crippen LogP contribution in [0.1, 0.15) is 6.92 Å². The van der Waals surface area contributed by atoms with Gasteiger partial charge in [-0.1, -0.05) is 17.7 Å². The fraction of sp³-hybridized carbons (Fsp3) is 0.364. The van der Waals surface area contributed by atoms with Crippen molar-refractivity contribution >= 4 is 17.6 Å². The predicted molar refractivity (Wildman–Crippen MR) is 61.5 cm³/mol. The normalized spacial score (nSPS) is 14.0. The summed E-state index contributed by atoms with van der Waals surface area (Å²) in [6.07, 6.45) is -0.481. The van der Waals surface area contributed by atoms with Crippen LogP contribution in [0.4, 0.5) is 0 Å². The number of carbonyl (C=O) groups is 1. The Morgan fingerprint density at radius 2 is 2.19 bits per heavy atom. The van der Waals surface area contributed by atoms with Gasteiger partial charge in [-0.15, -0.1) is 0 Å². The van der Waals surface area contributed by atoms with Crippen LogP contribution in [-0.4, -0.2) is 25.2 Å². The van der Waals surface area contributed by atoms with Gasteiger partial charge in [0.05, 0.1) is 7.11 Å². The molecule has 0 bridgehead atoms. The number of nitrogens with two attached hydrogens (primary N) is 1. The second kappa shape index (κ2) is 5.72. The molecule has 0 heterocycles. The molecule has 2 N–H and O–H groups in total. The lowest BCUT2D eigenvalue weighted by Crippen LogP contribution is -2.44. The Bertz CT molecular complexity index is 370. The van der Waals surface area contributed by atoms with E-state index in [2.05, 4.69) is 4.74 Å². The zero-order valence-corrected chi connectivity index (χ0v) is 9.90. The van der Waals surface area contributed by atoms with Crippen LogP contribution in [-0.2, 0) is 9.53 Å². The quantitative estimate of drug-likeness (QED) is 0.817. The third-order valence-electron chi connectivity index (χ3n) is 2.10. The van der Waals surface area contributed by atoms with Gasteiger partial charge in [0.25, 0.3) is 0 Å². The first-order valence-corrected chi connectivity index (χ1v) is 5.18. The number of halogens is 1. The van der Waals surface area contributed by atoms with E-state index in [9.17, 15) is 4.79 Å². The molecule has 4 nitrogen and oxygen atoms in total. The summed E-state index contributed by atoms with van der Waals surface area (Å²) in [5.41, 5.74) is 5.62. The maximum Gasteiger partial charge on any atom is 0.326 e. The topological polar surface area (TPSA) is 61.5 Å². The Balaban J connectivity index is 2.64. The van der Waals surface area contributed by atoms with Crippen molar-refractivity contribution in [3.63, 3.8) is 0 Å². The Labute approximate surface area is 99.3 Å². The van der Waals surface area contributed by atoms with E-state index in [0.29, 0.717) is 10.8 Å². The van der Waals surface area contributed by atoms with Crippen molar-refractivity contribution in [1.82, 2.24) is 0 Å². The molecule has 0 aliphatic rings. The van der Waals surface area contributed by atoms with E-state index in [1.165, 1.54) is 7.11 Å². The molecule has 0 spiro atoms. The summed E-state index contributed by atoms with van der Waals surface area (Å²) in [7, 11) is 1.29. The van der Waals surface area contributed by atoms with Crippen molar-refractivity contribution < 1.29 is 14.3 Å². The highest BCUT2D eigenvalue weighted by Crippen LogP contribution is 2.18. The predicted octanol–water partition coefficient (Wildman–Crippen LogP) is 1.61. The van der Waals surface area contributed by atoms with Crippen LogP contribution in [0.5, 0.6) is 5.75 Å². The molecule has 88 valence electrons. The largest absolute Gasteiger partial charge is 0.488 e. The van der Waals surface area contributed by atoms with Gasteiger partial charge in [0.15, 0.2) is 0 Å². The van der Waals surface area contributed by atoms with E-state index < -0.39 is 18.1 Å². The lowest BCUT2D eigenvalue weighted by Gasteiger charge is -2.19. The van der Waals surface area contributed by atoms with Gasteiger partial charge < -0.3 is 15.2 Å². The molecule has 5 heteroatoms. The van der Waals surface area contributed by atoms with Gasteiger partial charge in [0, 0.05) is 5.02 Å². The summed E-state index contributed by atoms with van der Waals surface area (Å²) in [4.78, 5) is 11.2. The van der Waals surface area contributed by atoms with Crippen LogP contribution < -0.4 is 10.5 Å². The number of methoxy groups -OCH3 is 1. The Hall–Kier alpha value is -1.26. The third-order valence-corrected chi connectivity index (χ3v) is 2.33. The van der Waals surface area contributed by atoms with Gasteiger partial charge in [0.2, 0.25) is 0 Å². The van der Waals surface area contributed by atoms with E-state index in [-0.39, 0.29) is 0 Å². The molecule has 0 saturated carbocycles. The van der Waals surface area contributed by atoms with Crippen molar-refractivity contribution in [1.29, 1.82) is 0 Å². The van der Waals surface area contributed by atoms with Gasteiger partial charge in [-0.2, -0.15) is 0 Å². The van der Waals surface area contributed by atoms with Gasteiger partial charge in [-0.3, -0.25) is 4.79 Å².